The SMILES string of the molecule is CCC(C)NOCCN[C@H](C)c1ccc(OC)cc1. The number of methoxy groups -OCH3 is 1. The van der Waals surface area contributed by atoms with Gasteiger partial charge in [0, 0.05) is 18.6 Å². The van der Waals surface area contributed by atoms with Gasteiger partial charge in [0.05, 0.1) is 13.7 Å². The van der Waals surface area contributed by atoms with Crippen LogP contribution in [0, 0.1) is 0 Å². The molecule has 0 bridgehead atoms. The minimum atomic E-state index is 0.304. The first-order valence-corrected chi connectivity index (χ1v) is 6.92. The predicted molar refractivity (Wildman–Crippen MR) is 78.3 cm³/mol. The molecule has 1 aromatic rings. The highest BCUT2D eigenvalue weighted by molar-refractivity contribution is 5.28. The maximum absolute atomic E-state index is 5.38. The van der Waals surface area contributed by atoms with Crippen molar-refractivity contribution in [1.29, 1.82) is 0 Å². The molecule has 1 aromatic carbocycles. The summed E-state index contributed by atoms with van der Waals surface area (Å²) in [5.74, 6) is 0.886. The van der Waals surface area contributed by atoms with Gasteiger partial charge in [0.25, 0.3) is 0 Å². The van der Waals surface area contributed by atoms with Crippen LogP contribution in [0.15, 0.2) is 24.3 Å². The Morgan fingerprint density at radius 2 is 1.84 bits per heavy atom. The van der Waals surface area contributed by atoms with Gasteiger partial charge in [0.1, 0.15) is 5.75 Å². The van der Waals surface area contributed by atoms with Gasteiger partial charge in [-0.1, -0.05) is 19.1 Å². The van der Waals surface area contributed by atoms with E-state index in [9.17, 15) is 0 Å². The Bertz CT molecular complexity index is 341. The van der Waals surface area contributed by atoms with Crippen LogP contribution in [-0.4, -0.2) is 26.3 Å². The first kappa shape index (κ1) is 16.0. The lowest BCUT2D eigenvalue weighted by Gasteiger charge is -2.16. The fourth-order valence-corrected chi connectivity index (χ4v) is 1.62. The summed E-state index contributed by atoms with van der Waals surface area (Å²) >= 11 is 0. The second kappa shape index (κ2) is 8.91. The summed E-state index contributed by atoms with van der Waals surface area (Å²) in [5, 5.41) is 3.42. The summed E-state index contributed by atoms with van der Waals surface area (Å²) in [5.41, 5.74) is 4.25. The van der Waals surface area contributed by atoms with Crippen molar-refractivity contribution >= 4 is 0 Å². The molecule has 0 aliphatic heterocycles. The second-order valence-electron chi connectivity index (χ2n) is 4.72. The quantitative estimate of drug-likeness (QED) is 0.533. The van der Waals surface area contributed by atoms with E-state index >= 15 is 0 Å². The van der Waals surface area contributed by atoms with Gasteiger partial charge in [-0.25, -0.2) is 0 Å². The van der Waals surface area contributed by atoms with E-state index in [0.717, 1.165) is 18.7 Å². The molecule has 0 saturated carbocycles. The zero-order valence-electron chi connectivity index (χ0n) is 12.4. The molecule has 19 heavy (non-hydrogen) atoms. The Morgan fingerprint density at radius 1 is 1.16 bits per heavy atom. The third-order valence-corrected chi connectivity index (χ3v) is 3.17. The Balaban J connectivity index is 2.21. The van der Waals surface area contributed by atoms with Crippen LogP contribution >= 0.6 is 0 Å². The highest BCUT2D eigenvalue weighted by atomic mass is 16.6. The molecule has 1 unspecified atom stereocenters. The Morgan fingerprint density at radius 3 is 2.42 bits per heavy atom. The molecule has 0 aliphatic carbocycles. The van der Waals surface area contributed by atoms with Crippen LogP contribution < -0.4 is 15.5 Å². The normalized spacial score (nSPS) is 14.1. The molecular weight excluding hydrogens is 240 g/mol. The monoisotopic (exact) mass is 266 g/mol. The number of rotatable bonds is 9. The molecule has 4 nitrogen and oxygen atoms in total. The van der Waals surface area contributed by atoms with E-state index in [-0.39, 0.29) is 0 Å². The van der Waals surface area contributed by atoms with Crippen molar-refractivity contribution < 1.29 is 9.57 Å². The summed E-state index contributed by atoms with van der Waals surface area (Å²) < 4.78 is 5.15. The van der Waals surface area contributed by atoms with Crippen molar-refractivity contribution in [1.82, 2.24) is 10.8 Å². The van der Waals surface area contributed by atoms with Crippen LogP contribution in [0.3, 0.4) is 0 Å². The molecule has 4 heteroatoms. The Kier molecular flexibility index (Phi) is 7.48. The minimum Gasteiger partial charge on any atom is -0.497 e. The Hall–Kier alpha value is -1.10. The molecule has 0 aliphatic rings. The first-order chi connectivity index (χ1) is 9.17. The lowest BCUT2D eigenvalue weighted by molar-refractivity contribution is 0.0205. The van der Waals surface area contributed by atoms with Crippen LogP contribution in [0.5, 0.6) is 5.75 Å². The third-order valence-electron chi connectivity index (χ3n) is 3.17. The first-order valence-electron chi connectivity index (χ1n) is 6.92. The molecule has 0 aromatic heterocycles. The van der Waals surface area contributed by atoms with Gasteiger partial charge < -0.3 is 14.9 Å². The van der Waals surface area contributed by atoms with E-state index in [0.29, 0.717) is 18.7 Å². The van der Waals surface area contributed by atoms with Gasteiger partial charge in [-0.15, -0.1) is 0 Å². The molecular formula is C15H26N2O2. The Labute approximate surface area is 116 Å². The molecule has 2 atom stereocenters. The number of ether oxygens (including phenoxy) is 1. The highest BCUT2D eigenvalue weighted by Gasteiger charge is 2.04. The highest BCUT2D eigenvalue weighted by Crippen LogP contribution is 2.16. The summed E-state index contributed by atoms with van der Waals surface area (Å²) in [6.07, 6.45) is 1.07. The van der Waals surface area contributed by atoms with Crippen molar-refractivity contribution in [2.75, 3.05) is 20.3 Å². The van der Waals surface area contributed by atoms with Gasteiger partial charge in [-0.2, -0.15) is 5.48 Å². The predicted octanol–water partition coefficient (Wildman–Crippen LogP) is 2.67. The molecule has 1 rings (SSSR count). The summed E-state index contributed by atoms with van der Waals surface area (Å²) in [6, 6.07) is 8.82. The van der Waals surface area contributed by atoms with Gasteiger partial charge in [-0.3, -0.25) is 0 Å². The molecule has 2 N–H and O–H groups in total. The van der Waals surface area contributed by atoms with Crippen LogP contribution in [0.2, 0.25) is 0 Å². The number of hydroxylamine groups is 1. The average molecular weight is 266 g/mol. The van der Waals surface area contributed by atoms with Crippen molar-refractivity contribution in [2.24, 2.45) is 0 Å². The summed E-state index contributed by atoms with van der Waals surface area (Å²) in [4.78, 5) is 5.38. The maximum atomic E-state index is 5.38. The zero-order valence-corrected chi connectivity index (χ0v) is 12.4. The van der Waals surface area contributed by atoms with E-state index in [2.05, 4.69) is 43.7 Å². The number of benzene rings is 1. The van der Waals surface area contributed by atoms with Crippen LogP contribution in [0.4, 0.5) is 0 Å². The topological polar surface area (TPSA) is 42.5 Å². The molecule has 0 amide bonds. The molecule has 0 saturated heterocycles. The summed E-state index contributed by atoms with van der Waals surface area (Å²) in [7, 11) is 1.68. The molecule has 108 valence electrons. The van der Waals surface area contributed by atoms with E-state index in [4.69, 9.17) is 9.57 Å². The standard InChI is InChI=1S/C15H26N2O2/c1-5-12(2)17-19-11-10-16-13(3)14-6-8-15(18-4)9-7-14/h6-9,12-13,16-17H,5,10-11H2,1-4H3/t12?,13-/m1/s1. The van der Waals surface area contributed by atoms with Crippen molar-refractivity contribution in [3.05, 3.63) is 29.8 Å². The molecule has 0 heterocycles. The number of nitrogens with one attached hydrogen (secondary N) is 2. The zero-order chi connectivity index (χ0) is 14.1. The largest absolute Gasteiger partial charge is 0.497 e. The van der Waals surface area contributed by atoms with Crippen LogP contribution in [-0.2, 0) is 4.84 Å². The molecule has 0 radical (unpaired) electrons. The number of hydrogen-bond acceptors (Lipinski definition) is 4. The van der Waals surface area contributed by atoms with Crippen LogP contribution in [0.1, 0.15) is 38.8 Å². The van der Waals surface area contributed by atoms with Crippen LogP contribution in [0.25, 0.3) is 0 Å². The average Bonchev–Trinajstić information content (AvgIpc) is 2.46. The smallest absolute Gasteiger partial charge is 0.118 e. The fraction of sp³-hybridized carbons (Fsp3) is 0.600. The van der Waals surface area contributed by atoms with Crippen molar-refractivity contribution in [3.8, 4) is 5.75 Å². The van der Waals surface area contributed by atoms with Crippen molar-refractivity contribution in [3.63, 3.8) is 0 Å². The van der Waals surface area contributed by atoms with Gasteiger partial charge in [0.2, 0.25) is 0 Å². The van der Waals surface area contributed by atoms with Crippen molar-refractivity contribution in [2.45, 2.75) is 39.3 Å². The van der Waals surface area contributed by atoms with Gasteiger partial charge >= 0.3 is 0 Å². The minimum absolute atomic E-state index is 0.304. The lowest BCUT2D eigenvalue weighted by Crippen LogP contribution is -2.30. The van der Waals surface area contributed by atoms with E-state index in [1.807, 2.05) is 12.1 Å². The molecule has 0 fully saturated rings. The van der Waals surface area contributed by atoms with E-state index in [1.54, 1.807) is 7.11 Å². The number of hydrogen-bond donors (Lipinski definition) is 2. The maximum Gasteiger partial charge on any atom is 0.118 e. The molecule has 0 spiro atoms. The lowest BCUT2D eigenvalue weighted by atomic mass is 10.1. The van der Waals surface area contributed by atoms with Gasteiger partial charge in [-0.05, 0) is 38.0 Å². The van der Waals surface area contributed by atoms with E-state index in [1.165, 1.54) is 5.56 Å². The third kappa shape index (κ3) is 6.05. The second-order valence-corrected chi connectivity index (χ2v) is 4.72. The fourth-order valence-electron chi connectivity index (χ4n) is 1.62. The summed E-state index contributed by atoms with van der Waals surface area (Å²) in [6.45, 7) is 7.85. The van der Waals surface area contributed by atoms with Gasteiger partial charge in [0.15, 0.2) is 0 Å². The van der Waals surface area contributed by atoms with E-state index < -0.39 is 0 Å².